The third kappa shape index (κ3) is 6.36. The summed E-state index contributed by atoms with van der Waals surface area (Å²) in [5.41, 5.74) is 1.96. The molecule has 1 aromatic rings. The number of carbonyl (C=O) groups excluding carboxylic acids is 1. The molecule has 0 unspecified atom stereocenters. The van der Waals surface area contributed by atoms with Crippen molar-refractivity contribution < 1.29 is 23.2 Å². The fraction of sp³-hybridized carbons (Fsp3) is 0.500. The number of hydrazone groups is 1. The Kier molecular flexibility index (Phi) is 7.39. The lowest BCUT2D eigenvalue weighted by Crippen LogP contribution is -2.33. The van der Waals surface area contributed by atoms with Gasteiger partial charge in [0.05, 0.1) is 11.1 Å². The number of alkyl halides is 2. The lowest BCUT2D eigenvalue weighted by Gasteiger charge is -2.25. The van der Waals surface area contributed by atoms with Gasteiger partial charge in [0.1, 0.15) is 5.75 Å². The smallest absolute Gasteiger partial charge is 0.387 e. The second kappa shape index (κ2) is 9.76. The van der Waals surface area contributed by atoms with Crippen molar-refractivity contribution in [2.24, 2.45) is 5.10 Å². The molecule has 0 aromatic heterocycles. The molecule has 0 saturated carbocycles. The zero-order valence-corrected chi connectivity index (χ0v) is 14.1. The SMILES string of the molecule is O=C(CCN1CCCCC1)N/N=C/c1cc([N+](=O)[O-])ccc1OC(F)F. The number of benzene rings is 1. The van der Waals surface area contributed by atoms with Gasteiger partial charge >= 0.3 is 6.61 Å². The Hall–Kier alpha value is -2.62. The molecule has 1 aromatic carbocycles. The number of non-ortho nitro benzene ring substituents is 1. The number of rotatable bonds is 8. The van der Waals surface area contributed by atoms with Crippen molar-refractivity contribution in [3.63, 3.8) is 0 Å². The Morgan fingerprint density at radius 2 is 2.12 bits per heavy atom. The minimum Gasteiger partial charge on any atom is -0.434 e. The van der Waals surface area contributed by atoms with Gasteiger partial charge in [-0.05, 0) is 32.0 Å². The van der Waals surface area contributed by atoms with Crippen molar-refractivity contribution >= 4 is 17.8 Å². The van der Waals surface area contributed by atoms with E-state index in [0.717, 1.165) is 50.3 Å². The lowest BCUT2D eigenvalue weighted by atomic mass is 10.1. The highest BCUT2D eigenvalue weighted by Crippen LogP contribution is 2.24. The Labute approximate surface area is 149 Å². The van der Waals surface area contributed by atoms with Crippen molar-refractivity contribution in [3.8, 4) is 5.75 Å². The van der Waals surface area contributed by atoms with Gasteiger partial charge in [0, 0.05) is 30.7 Å². The number of carbonyl (C=O) groups is 1. The molecule has 2 rings (SSSR count). The van der Waals surface area contributed by atoms with Crippen LogP contribution in [0.1, 0.15) is 31.2 Å². The van der Waals surface area contributed by atoms with Crippen LogP contribution in [0.3, 0.4) is 0 Å². The van der Waals surface area contributed by atoms with Crippen LogP contribution in [0.15, 0.2) is 23.3 Å². The Balaban J connectivity index is 1.93. The van der Waals surface area contributed by atoms with Crippen LogP contribution in [-0.4, -0.2) is 48.2 Å². The molecule has 1 amide bonds. The molecular weight excluding hydrogens is 350 g/mol. The number of halogens is 2. The third-order valence-electron chi connectivity index (χ3n) is 3.92. The average Bonchev–Trinajstić information content (AvgIpc) is 2.61. The van der Waals surface area contributed by atoms with E-state index in [1.165, 1.54) is 6.42 Å². The van der Waals surface area contributed by atoms with Crippen molar-refractivity contribution in [1.82, 2.24) is 10.3 Å². The number of piperidine rings is 1. The highest BCUT2D eigenvalue weighted by atomic mass is 19.3. The molecule has 142 valence electrons. The molecule has 0 atom stereocenters. The van der Waals surface area contributed by atoms with E-state index in [4.69, 9.17) is 0 Å². The van der Waals surface area contributed by atoms with Crippen LogP contribution in [0, 0.1) is 10.1 Å². The summed E-state index contributed by atoms with van der Waals surface area (Å²) >= 11 is 0. The van der Waals surface area contributed by atoms with Crippen LogP contribution in [0.4, 0.5) is 14.5 Å². The molecule has 1 saturated heterocycles. The summed E-state index contributed by atoms with van der Waals surface area (Å²) in [6.07, 6.45) is 4.76. The van der Waals surface area contributed by atoms with Gasteiger partial charge in [-0.3, -0.25) is 14.9 Å². The number of nitro benzene ring substituents is 1. The second-order valence-corrected chi connectivity index (χ2v) is 5.80. The van der Waals surface area contributed by atoms with Crippen molar-refractivity contribution in [2.75, 3.05) is 19.6 Å². The maximum absolute atomic E-state index is 12.4. The summed E-state index contributed by atoms with van der Waals surface area (Å²) in [6, 6.07) is 3.15. The van der Waals surface area contributed by atoms with Gasteiger partial charge in [0.2, 0.25) is 5.91 Å². The van der Waals surface area contributed by atoms with Gasteiger partial charge in [-0.2, -0.15) is 13.9 Å². The molecule has 8 nitrogen and oxygen atoms in total. The molecule has 0 bridgehead atoms. The van der Waals surface area contributed by atoms with E-state index in [9.17, 15) is 23.7 Å². The summed E-state index contributed by atoms with van der Waals surface area (Å²) in [4.78, 5) is 24.1. The van der Waals surface area contributed by atoms with E-state index in [1.54, 1.807) is 0 Å². The van der Waals surface area contributed by atoms with Gasteiger partial charge in [0.15, 0.2) is 0 Å². The third-order valence-corrected chi connectivity index (χ3v) is 3.92. The first kappa shape index (κ1) is 19.7. The number of hydrogen-bond acceptors (Lipinski definition) is 6. The standard InChI is InChI=1S/C16H20F2N4O4/c17-16(18)26-14-5-4-13(22(24)25)10-12(14)11-19-20-15(23)6-9-21-7-2-1-3-8-21/h4-5,10-11,16H,1-3,6-9H2,(H,20,23)/b19-11+. The monoisotopic (exact) mass is 370 g/mol. The first-order valence-electron chi connectivity index (χ1n) is 8.23. The molecule has 1 aliphatic rings. The van der Waals surface area contributed by atoms with Crippen LogP contribution >= 0.6 is 0 Å². The molecule has 1 N–H and O–H groups in total. The largest absolute Gasteiger partial charge is 0.434 e. The van der Waals surface area contributed by atoms with Crippen LogP contribution in [0.25, 0.3) is 0 Å². The average molecular weight is 370 g/mol. The Morgan fingerprint density at radius 3 is 2.77 bits per heavy atom. The van der Waals surface area contributed by atoms with Gasteiger partial charge in [-0.25, -0.2) is 5.43 Å². The molecule has 1 fully saturated rings. The predicted octanol–water partition coefficient (Wildman–Crippen LogP) is 2.52. The number of nitro groups is 1. The number of nitrogens with one attached hydrogen (secondary N) is 1. The molecule has 0 spiro atoms. The summed E-state index contributed by atoms with van der Waals surface area (Å²) in [5.74, 6) is -0.592. The van der Waals surface area contributed by atoms with E-state index in [1.807, 2.05) is 0 Å². The predicted molar refractivity (Wildman–Crippen MR) is 90.4 cm³/mol. The Bertz CT molecular complexity index is 664. The number of likely N-dealkylation sites (tertiary alicyclic amines) is 1. The molecule has 1 aliphatic heterocycles. The minimum absolute atomic E-state index is 0.0316. The van der Waals surface area contributed by atoms with E-state index in [0.29, 0.717) is 6.54 Å². The van der Waals surface area contributed by atoms with Gasteiger partial charge in [-0.1, -0.05) is 6.42 Å². The summed E-state index contributed by atoms with van der Waals surface area (Å²) in [6.45, 7) is -0.516. The lowest BCUT2D eigenvalue weighted by molar-refractivity contribution is -0.384. The van der Waals surface area contributed by atoms with E-state index in [-0.39, 0.29) is 29.3 Å². The quantitative estimate of drug-likeness (QED) is 0.431. The normalized spacial score (nSPS) is 15.3. The maximum Gasteiger partial charge on any atom is 0.387 e. The zero-order chi connectivity index (χ0) is 18.9. The van der Waals surface area contributed by atoms with Gasteiger partial charge in [-0.15, -0.1) is 0 Å². The Morgan fingerprint density at radius 1 is 1.38 bits per heavy atom. The second-order valence-electron chi connectivity index (χ2n) is 5.80. The van der Waals surface area contributed by atoms with Crippen LogP contribution in [0.2, 0.25) is 0 Å². The fourth-order valence-electron chi connectivity index (χ4n) is 2.63. The number of nitrogens with zero attached hydrogens (tertiary/aromatic N) is 3. The van der Waals surface area contributed by atoms with Crippen LogP contribution in [-0.2, 0) is 4.79 Å². The molecule has 10 heteroatoms. The summed E-state index contributed by atoms with van der Waals surface area (Å²) < 4.78 is 29.1. The number of amides is 1. The summed E-state index contributed by atoms with van der Waals surface area (Å²) in [5, 5.41) is 14.5. The first-order valence-corrected chi connectivity index (χ1v) is 8.23. The van der Waals surface area contributed by atoms with Crippen molar-refractivity contribution in [2.45, 2.75) is 32.3 Å². The maximum atomic E-state index is 12.4. The highest BCUT2D eigenvalue weighted by Gasteiger charge is 2.14. The van der Waals surface area contributed by atoms with Crippen LogP contribution < -0.4 is 10.2 Å². The molecule has 0 aliphatic carbocycles. The topological polar surface area (TPSA) is 97.1 Å². The van der Waals surface area contributed by atoms with E-state index < -0.39 is 11.5 Å². The molecule has 1 heterocycles. The van der Waals surface area contributed by atoms with Gasteiger partial charge < -0.3 is 9.64 Å². The number of ether oxygens (including phenoxy) is 1. The molecule has 0 radical (unpaired) electrons. The van der Waals surface area contributed by atoms with Crippen molar-refractivity contribution in [1.29, 1.82) is 0 Å². The van der Waals surface area contributed by atoms with Gasteiger partial charge in [0.25, 0.3) is 5.69 Å². The highest BCUT2D eigenvalue weighted by molar-refractivity contribution is 5.86. The number of hydrogen-bond donors (Lipinski definition) is 1. The van der Waals surface area contributed by atoms with E-state index in [2.05, 4.69) is 20.2 Å². The van der Waals surface area contributed by atoms with Crippen LogP contribution in [0.5, 0.6) is 5.75 Å². The van der Waals surface area contributed by atoms with E-state index >= 15 is 0 Å². The molecule has 26 heavy (non-hydrogen) atoms. The fourth-order valence-corrected chi connectivity index (χ4v) is 2.63. The minimum atomic E-state index is -3.08. The van der Waals surface area contributed by atoms with Crippen molar-refractivity contribution in [3.05, 3.63) is 33.9 Å². The first-order chi connectivity index (χ1) is 12.5. The summed E-state index contributed by atoms with van der Waals surface area (Å²) in [7, 11) is 0. The zero-order valence-electron chi connectivity index (χ0n) is 14.1. The molecular formula is C16H20F2N4O4.